The molecule has 0 amide bonds. The summed E-state index contributed by atoms with van der Waals surface area (Å²) in [6.07, 6.45) is 0. The first-order valence-electron chi connectivity index (χ1n) is 7.44. The van der Waals surface area contributed by atoms with Crippen LogP contribution in [0.3, 0.4) is 0 Å². The Morgan fingerprint density at radius 2 is 1.55 bits per heavy atom. The zero-order valence-electron chi connectivity index (χ0n) is 12.5. The van der Waals surface area contributed by atoms with Gasteiger partial charge in [0, 0.05) is 39.3 Å². The average Bonchev–Trinajstić information content (AvgIpc) is 2.41. The minimum absolute atomic E-state index is 0.551. The third-order valence-electron chi connectivity index (χ3n) is 3.77. The van der Waals surface area contributed by atoms with Crippen molar-refractivity contribution in [2.45, 2.75) is 20.4 Å². The van der Waals surface area contributed by atoms with Gasteiger partial charge in [0.2, 0.25) is 0 Å². The summed E-state index contributed by atoms with van der Waals surface area (Å²) >= 11 is 0. The van der Waals surface area contributed by atoms with Crippen molar-refractivity contribution in [1.29, 1.82) is 0 Å². The fourth-order valence-electron chi connectivity index (χ4n) is 2.70. The fraction of sp³-hybridized carbons (Fsp3) is 0.600. The third kappa shape index (κ3) is 4.60. The third-order valence-corrected chi connectivity index (χ3v) is 3.77. The van der Waals surface area contributed by atoms with E-state index < -0.39 is 7.12 Å². The number of piperazine rings is 1. The lowest BCUT2D eigenvalue weighted by Crippen LogP contribution is -2.46. The Morgan fingerprint density at radius 3 is 2.05 bits per heavy atom. The Labute approximate surface area is 122 Å². The van der Waals surface area contributed by atoms with Crippen molar-refractivity contribution >= 4 is 12.6 Å². The molecule has 1 saturated heterocycles. The Morgan fingerprint density at radius 1 is 1.00 bits per heavy atom. The van der Waals surface area contributed by atoms with Gasteiger partial charge in [-0.1, -0.05) is 38.1 Å². The maximum absolute atomic E-state index is 9.08. The first-order chi connectivity index (χ1) is 9.54. The smallest absolute Gasteiger partial charge is 0.423 e. The molecule has 1 aromatic rings. The summed E-state index contributed by atoms with van der Waals surface area (Å²) in [5, 5.41) is 18.2. The van der Waals surface area contributed by atoms with Crippen molar-refractivity contribution in [3.8, 4) is 0 Å². The van der Waals surface area contributed by atoms with Crippen molar-refractivity contribution < 1.29 is 10.0 Å². The average molecular weight is 276 g/mol. The van der Waals surface area contributed by atoms with Crippen LogP contribution < -0.4 is 5.46 Å². The minimum Gasteiger partial charge on any atom is -0.423 e. The molecule has 1 aliphatic rings. The number of benzene rings is 1. The van der Waals surface area contributed by atoms with E-state index in [1.54, 1.807) is 12.1 Å². The molecule has 0 atom stereocenters. The molecule has 2 N–H and O–H groups in total. The number of hydrogen-bond acceptors (Lipinski definition) is 4. The van der Waals surface area contributed by atoms with Gasteiger partial charge in [-0.05, 0) is 16.9 Å². The Kier molecular flexibility index (Phi) is 5.60. The molecule has 20 heavy (non-hydrogen) atoms. The van der Waals surface area contributed by atoms with Crippen LogP contribution in [0.4, 0.5) is 0 Å². The van der Waals surface area contributed by atoms with Crippen LogP contribution in [0.25, 0.3) is 0 Å². The van der Waals surface area contributed by atoms with Crippen LogP contribution in [0.15, 0.2) is 24.3 Å². The van der Waals surface area contributed by atoms with Crippen molar-refractivity contribution in [3.05, 3.63) is 29.8 Å². The Bertz CT molecular complexity index is 401. The van der Waals surface area contributed by atoms with E-state index in [2.05, 4.69) is 23.6 Å². The second-order valence-corrected chi connectivity index (χ2v) is 6.09. The van der Waals surface area contributed by atoms with Gasteiger partial charge in [-0.15, -0.1) is 0 Å². The topological polar surface area (TPSA) is 46.9 Å². The largest absolute Gasteiger partial charge is 0.488 e. The molecule has 0 unspecified atom stereocenters. The molecule has 0 aliphatic carbocycles. The summed E-state index contributed by atoms with van der Waals surface area (Å²) in [4.78, 5) is 4.99. The number of hydrogen-bond donors (Lipinski definition) is 2. The van der Waals surface area contributed by atoms with Gasteiger partial charge in [-0.3, -0.25) is 4.90 Å². The summed E-state index contributed by atoms with van der Waals surface area (Å²) in [6.45, 7) is 11.2. The van der Waals surface area contributed by atoms with Crippen molar-refractivity contribution in [3.63, 3.8) is 0 Å². The lowest BCUT2D eigenvalue weighted by Gasteiger charge is -2.35. The molecule has 5 heteroatoms. The Hall–Kier alpha value is -0.875. The molecule has 0 spiro atoms. The lowest BCUT2D eigenvalue weighted by atomic mass is 9.80. The van der Waals surface area contributed by atoms with E-state index in [4.69, 9.17) is 10.0 Å². The molecule has 1 aromatic carbocycles. The van der Waals surface area contributed by atoms with Crippen LogP contribution >= 0.6 is 0 Å². The summed E-state index contributed by atoms with van der Waals surface area (Å²) in [6, 6.07) is 7.54. The molecule has 1 aliphatic heterocycles. The maximum Gasteiger partial charge on any atom is 0.488 e. The van der Waals surface area contributed by atoms with Crippen LogP contribution in [0, 0.1) is 5.92 Å². The molecule has 2 rings (SSSR count). The number of nitrogens with zero attached hydrogens (tertiary/aromatic N) is 2. The zero-order valence-corrected chi connectivity index (χ0v) is 12.5. The molecule has 4 nitrogen and oxygen atoms in total. The molecule has 1 fully saturated rings. The molecule has 0 radical (unpaired) electrons. The van der Waals surface area contributed by atoms with E-state index in [1.807, 2.05) is 12.1 Å². The predicted octanol–water partition coefficient (Wildman–Crippen LogP) is 0.140. The molecular weight excluding hydrogens is 251 g/mol. The lowest BCUT2D eigenvalue weighted by molar-refractivity contribution is 0.117. The first-order valence-corrected chi connectivity index (χ1v) is 7.44. The highest BCUT2D eigenvalue weighted by Gasteiger charge is 2.17. The summed E-state index contributed by atoms with van der Waals surface area (Å²) in [5.41, 5.74) is 1.78. The second kappa shape index (κ2) is 7.22. The van der Waals surface area contributed by atoms with Gasteiger partial charge < -0.3 is 14.9 Å². The Balaban J connectivity index is 1.80. The summed E-state index contributed by atoms with van der Waals surface area (Å²) < 4.78 is 0. The van der Waals surface area contributed by atoms with Crippen LogP contribution in [0.2, 0.25) is 0 Å². The van der Waals surface area contributed by atoms with Crippen LogP contribution in [0.5, 0.6) is 0 Å². The molecule has 1 heterocycles. The van der Waals surface area contributed by atoms with Gasteiger partial charge in [-0.2, -0.15) is 0 Å². The minimum atomic E-state index is -1.37. The van der Waals surface area contributed by atoms with Gasteiger partial charge in [-0.25, -0.2) is 0 Å². The highest BCUT2D eigenvalue weighted by molar-refractivity contribution is 6.58. The van der Waals surface area contributed by atoms with Gasteiger partial charge in [0.25, 0.3) is 0 Å². The number of rotatable bonds is 5. The highest BCUT2D eigenvalue weighted by Crippen LogP contribution is 2.09. The van der Waals surface area contributed by atoms with E-state index >= 15 is 0 Å². The maximum atomic E-state index is 9.08. The van der Waals surface area contributed by atoms with Gasteiger partial charge >= 0.3 is 7.12 Å². The fourth-order valence-corrected chi connectivity index (χ4v) is 2.70. The standard InChI is InChI=1S/C15H25BN2O2/c1-13(2)11-17-7-9-18(10-8-17)12-14-3-5-15(6-4-14)16(19)20/h3-6,13,19-20H,7-12H2,1-2H3. The van der Waals surface area contributed by atoms with Crippen molar-refractivity contribution in [2.75, 3.05) is 32.7 Å². The predicted molar refractivity (Wildman–Crippen MR) is 82.8 cm³/mol. The monoisotopic (exact) mass is 276 g/mol. The van der Waals surface area contributed by atoms with E-state index in [-0.39, 0.29) is 0 Å². The zero-order chi connectivity index (χ0) is 14.5. The van der Waals surface area contributed by atoms with Crippen LogP contribution in [0.1, 0.15) is 19.4 Å². The molecule has 0 aromatic heterocycles. The van der Waals surface area contributed by atoms with E-state index in [9.17, 15) is 0 Å². The SMILES string of the molecule is CC(C)CN1CCN(Cc2ccc(B(O)O)cc2)CC1. The molecule has 0 bridgehead atoms. The highest BCUT2D eigenvalue weighted by atomic mass is 16.4. The van der Waals surface area contributed by atoms with Crippen LogP contribution in [-0.2, 0) is 6.54 Å². The van der Waals surface area contributed by atoms with Gasteiger partial charge in [0.1, 0.15) is 0 Å². The normalized spacial score (nSPS) is 17.6. The van der Waals surface area contributed by atoms with E-state index in [0.29, 0.717) is 5.46 Å². The first kappa shape index (κ1) is 15.5. The van der Waals surface area contributed by atoms with E-state index in [0.717, 1.165) is 38.6 Å². The summed E-state index contributed by atoms with van der Waals surface area (Å²) in [7, 11) is -1.37. The van der Waals surface area contributed by atoms with Crippen molar-refractivity contribution in [1.82, 2.24) is 9.80 Å². The quantitative estimate of drug-likeness (QED) is 0.751. The van der Waals surface area contributed by atoms with E-state index in [1.165, 1.54) is 12.1 Å². The second-order valence-electron chi connectivity index (χ2n) is 6.09. The van der Waals surface area contributed by atoms with Gasteiger partial charge in [0.05, 0.1) is 0 Å². The molecule has 0 saturated carbocycles. The molecular formula is C15H25BN2O2. The molecule has 110 valence electrons. The van der Waals surface area contributed by atoms with Crippen LogP contribution in [-0.4, -0.2) is 59.7 Å². The summed E-state index contributed by atoms with van der Waals surface area (Å²) in [5.74, 6) is 0.735. The van der Waals surface area contributed by atoms with Gasteiger partial charge in [0.15, 0.2) is 0 Å². The van der Waals surface area contributed by atoms with Crippen molar-refractivity contribution in [2.24, 2.45) is 5.92 Å².